The fourth-order valence-corrected chi connectivity index (χ4v) is 5.44. The van der Waals surface area contributed by atoms with Crippen molar-refractivity contribution in [2.24, 2.45) is 0 Å². The third-order valence-corrected chi connectivity index (χ3v) is 7.02. The normalized spacial score (nSPS) is 16.8. The van der Waals surface area contributed by atoms with E-state index < -0.39 is 0 Å². The predicted molar refractivity (Wildman–Crippen MR) is 119 cm³/mol. The lowest BCUT2D eigenvalue weighted by Gasteiger charge is -2.34. The number of aryl methyl sites for hydroxylation is 1. The lowest BCUT2D eigenvalue weighted by atomic mass is 9.95. The maximum Gasteiger partial charge on any atom is 0.341 e. The van der Waals surface area contributed by atoms with Crippen molar-refractivity contribution in [3.63, 3.8) is 0 Å². The number of hydrogen-bond acceptors (Lipinski definition) is 7. The molecule has 0 unspecified atom stereocenters. The van der Waals surface area contributed by atoms with Gasteiger partial charge in [0, 0.05) is 37.3 Å². The second-order valence-corrected chi connectivity index (χ2v) is 9.09. The number of esters is 1. The third kappa shape index (κ3) is 4.61. The number of carbonyl (C=O) groups is 2. The lowest BCUT2D eigenvalue weighted by Crippen LogP contribution is -2.48. The van der Waals surface area contributed by atoms with Crippen LogP contribution in [0.15, 0.2) is 18.3 Å². The number of fused-ring (bicyclic) bond motifs is 1. The number of amides is 1. The summed E-state index contributed by atoms with van der Waals surface area (Å²) in [5.41, 5.74) is 1.60. The number of pyridine rings is 1. The van der Waals surface area contributed by atoms with Gasteiger partial charge in [0.1, 0.15) is 10.8 Å². The van der Waals surface area contributed by atoms with Gasteiger partial charge in [-0.2, -0.15) is 0 Å². The maximum atomic E-state index is 12.7. The Morgan fingerprint density at radius 2 is 1.97 bits per heavy atom. The van der Waals surface area contributed by atoms with Crippen LogP contribution in [0.1, 0.15) is 33.6 Å². The zero-order valence-corrected chi connectivity index (χ0v) is 18.5. The van der Waals surface area contributed by atoms with E-state index in [1.807, 2.05) is 12.1 Å². The van der Waals surface area contributed by atoms with Crippen LogP contribution >= 0.6 is 22.9 Å². The molecular formula is C21H25ClN4O3S. The number of carbonyl (C=O) groups excluding carboxylic acids is 2. The first-order valence-corrected chi connectivity index (χ1v) is 11.4. The summed E-state index contributed by atoms with van der Waals surface area (Å²) >= 11 is 7.43. The van der Waals surface area contributed by atoms with Crippen molar-refractivity contribution in [3.8, 4) is 0 Å². The van der Waals surface area contributed by atoms with Crippen LogP contribution in [-0.4, -0.2) is 61.6 Å². The summed E-state index contributed by atoms with van der Waals surface area (Å²) < 4.78 is 4.98. The number of thiophene rings is 1. The highest BCUT2D eigenvalue weighted by Gasteiger charge is 2.27. The molecule has 0 bridgehead atoms. The Morgan fingerprint density at radius 1 is 1.20 bits per heavy atom. The summed E-state index contributed by atoms with van der Waals surface area (Å²) in [7, 11) is 1.38. The number of rotatable bonds is 5. The highest BCUT2D eigenvalue weighted by molar-refractivity contribution is 7.17. The molecule has 0 aromatic carbocycles. The van der Waals surface area contributed by atoms with Crippen molar-refractivity contribution in [1.82, 2.24) is 9.88 Å². The van der Waals surface area contributed by atoms with Crippen LogP contribution in [0.3, 0.4) is 0 Å². The zero-order valence-electron chi connectivity index (χ0n) is 16.9. The van der Waals surface area contributed by atoms with Crippen molar-refractivity contribution in [3.05, 3.63) is 39.4 Å². The topological polar surface area (TPSA) is 74.8 Å². The Bertz CT molecular complexity index is 923. The van der Waals surface area contributed by atoms with Crippen LogP contribution < -0.4 is 10.2 Å². The van der Waals surface area contributed by atoms with Gasteiger partial charge >= 0.3 is 5.97 Å². The number of halogens is 1. The van der Waals surface area contributed by atoms with Gasteiger partial charge in [0.15, 0.2) is 0 Å². The molecule has 160 valence electrons. The van der Waals surface area contributed by atoms with Crippen molar-refractivity contribution in [2.45, 2.75) is 25.7 Å². The second kappa shape index (κ2) is 9.32. The lowest BCUT2D eigenvalue weighted by molar-refractivity contribution is -0.117. The molecule has 3 heterocycles. The SMILES string of the molecule is COC(=O)c1c(NC(=O)CN2CCN(c3ccc(Cl)cn3)CC2)sc2c1CCCC2. The van der Waals surface area contributed by atoms with E-state index in [0.29, 0.717) is 22.1 Å². The molecule has 0 radical (unpaired) electrons. The number of anilines is 2. The van der Waals surface area contributed by atoms with Crippen molar-refractivity contribution >= 4 is 45.6 Å². The quantitative estimate of drug-likeness (QED) is 0.708. The molecule has 1 amide bonds. The summed E-state index contributed by atoms with van der Waals surface area (Å²) in [6.07, 6.45) is 5.66. The Morgan fingerprint density at radius 3 is 2.67 bits per heavy atom. The molecule has 9 heteroatoms. The fraction of sp³-hybridized carbons (Fsp3) is 0.476. The van der Waals surface area contributed by atoms with Gasteiger partial charge in [-0.1, -0.05) is 11.6 Å². The summed E-state index contributed by atoms with van der Waals surface area (Å²) in [6.45, 7) is 3.42. The molecule has 2 aliphatic rings. The Labute approximate surface area is 185 Å². The van der Waals surface area contributed by atoms with E-state index in [4.69, 9.17) is 16.3 Å². The van der Waals surface area contributed by atoms with Gasteiger partial charge < -0.3 is 15.0 Å². The van der Waals surface area contributed by atoms with Crippen LogP contribution in [0.2, 0.25) is 5.02 Å². The zero-order chi connectivity index (χ0) is 21.1. The number of piperazine rings is 1. The minimum atomic E-state index is -0.367. The first kappa shape index (κ1) is 21.1. The number of ether oxygens (including phenoxy) is 1. The number of nitrogens with one attached hydrogen (secondary N) is 1. The summed E-state index contributed by atoms with van der Waals surface area (Å²) in [5, 5.41) is 4.22. The minimum Gasteiger partial charge on any atom is -0.465 e. The average Bonchev–Trinajstić information content (AvgIpc) is 3.12. The summed E-state index contributed by atoms with van der Waals surface area (Å²) in [6, 6.07) is 3.75. The van der Waals surface area contributed by atoms with Crippen LogP contribution in [0, 0.1) is 0 Å². The summed E-state index contributed by atoms with van der Waals surface area (Å²) in [5.74, 6) is 0.431. The molecule has 1 fully saturated rings. The van der Waals surface area contributed by atoms with E-state index in [0.717, 1.165) is 63.2 Å². The molecule has 1 aliphatic heterocycles. The number of methoxy groups -OCH3 is 1. The largest absolute Gasteiger partial charge is 0.465 e. The second-order valence-electron chi connectivity index (χ2n) is 7.55. The minimum absolute atomic E-state index is 0.100. The van der Waals surface area contributed by atoms with Gasteiger partial charge in [-0.25, -0.2) is 9.78 Å². The molecule has 30 heavy (non-hydrogen) atoms. The molecule has 0 atom stereocenters. The average molecular weight is 449 g/mol. The van der Waals surface area contributed by atoms with E-state index in [2.05, 4.69) is 20.1 Å². The molecule has 2 aromatic heterocycles. The van der Waals surface area contributed by atoms with Crippen LogP contribution in [0.4, 0.5) is 10.8 Å². The molecule has 2 aromatic rings. The fourth-order valence-electron chi connectivity index (χ4n) is 4.03. The van der Waals surface area contributed by atoms with Gasteiger partial charge in [0.05, 0.1) is 24.2 Å². The van der Waals surface area contributed by atoms with Gasteiger partial charge in [0.25, 0.3) is 0 Å². The molecule has 1 N–H and O–H groups in total. The summed E-state index contributed by atoms with van der Waals surface area (Å²) in [4.78, 5) is 34.9. The van der Waals surface area contributed by atoms with Gasteiger partial charge in [-0.05, 0) is 43.4 Å². The van der Waals surface area contributed by atoms with E-state index in [-0.39, 0.29) is 11.9 Å². The van der Waals surface area contributed by atoms with Gasteiger partial charge in [-0.3, -0.25) is 9.69 Å². The Balaban J connectivity index is 1.36. The van der Waals surface area contributed by atoms with E-state index in [9.17, 15) is 9.59 Å². The number of nitrogens with zero attached hydrogens (tertiary/aromatic N) is 3. The highest BCUT2D eigenvalue weighted by atomic mass is 35.5. The smallest absolute Gasteiger partial charge is 0.341 e. The van der Waals surface area contributed by atoms with Crippen LogP contribution in [0.25, 0.3) is 0 Å². The molecular weight excluding hydrogens is 424 g/mol. The molecule has 0 saturated carbocycles. The predicted octanol–water partition coefficient (Wildman–Crippen LogP) is 3.22. The van der Waals surface area contributed by atoms with Crippen molar-refractivity contribution in [2.75, 3.05) is 50.1 Å². The van der Waals surface area contributed by atoms with Gasteiger partial charge in [-0.15, -0.1) is 11.3 Å². The third-order valence-electron chi connectivity index (χ3n) is 5.59. The number of hydrogen-bond donors (Lipinski definition) is 1. The molecule has 4 rings (SSSR count). The van der Waals surface area contributed by atoms with E-state index >= 15 is 0 Å². The maximum absolute atomic E-state index is 12.7. The molecule has 0 spiro atoms. The van der Waals surface area contributed by atoms with Gasteiger partial charge in [0.2, 0.25) is 5.91 Å². The van der Waals surface area contributed by atoms with E-state index in [1.165, 1.54) is 23.3 Å². The Hall–Kier alpha value is -2.16. The first-order valence-electron chi connectivity index (χ1n) is 10.2. The van der Waals surface area contributed by atoms with E-state index in [1.54, 1.807) is 6.20 Å². The standard InChI is InChI=1S/C21H25ClN4O3S/c1-29-21(28)19-15-4-2-3-5-16(15)30-20(19)24-18(27)13-25-8-10-26(11-9-25)17-7-6-14(22)12-23-17/h6-7,12H,2-5,8-11,13H2,1H3,(H,24,27). The molecule has 7 nitrogen and oxygen atoms in total. The monoisotopic (exact) mass is 448 g/mol. The van der Waals surface area contributed by atoms with Crippen LogP contribution in [-0.2, 0) is 22.4 Å². The van der Waals surface area contributed by atoms with Crippen molar-refractivity contribution in [1.29, 1.82) is 0 Å². The van der Waals surface area contributed by atoms with Crippen LogP contribution in [0.5, 0.6) is 0 Å². The number of aromatic nitrogens is 1. The molecule has 1 saturated heterocycles. The van der Waals surface area contributed by atoms with Crippen molar-refractivity contribution < 1.29 is 14.3 Å². The highest BCUT2D eigenvalue weighted by Crippen LogP contribution is 2.38. The Kier molecular flexibility index (Phi) is 6.55. The molecule has 1 aliphatic carbocycles. The first-order chi connectivity index (χ1) is 14.5.